The van der Waals surface area contributed by atoms with Gasteiger partial charge in [-0.2, -0.15) is 0 Å². The molecule has 3 aliphatic rings. The van der Waals surface area contributed by atoms with E-state index in [0.717, 1.165) is 32.4 Å². The van der Waals surface area contributed by atoms with Gasteiger partial charge in [-0.3, -0.25) is 14.4 Å². The molecule has 0 bridgehead atoms. The van der Waals surface area contributed by atoms with E-state index in [1.165, 1.54) is 0 Å². The molecule has 0 aromatic rings. The van der Waals surface area contributed by atoms with Gasteiger partial charge in [0.05, 0.1) is 6.54 Å². The number of piperidine rings is 1. The summed E-state index contributed by atoms with van der Waals surface area (Å²) in [6.45, 7) is 5.91. The van der Waals surface area contributed by atoms with Crippen molar-refractivity contribution in [2.45, 2.75) is 51.1 Å². The maximum Gasteiger partial charge on any atom is 0.245 e. The largest absolute Gasteiger partial charge is 0.339 e. The number of likely N-dealkylation sites (tertiary alicyclic amines) is 2. The average molecular weight is 373 g/mol. The zero-order valence-electron chi connectivity index (χ0n) is 14.9. The molecule has 7 nitrogen and oxygen atoms in total. The lowest BCUT2D eigenvalue weighted by molar-refractivity contribution is -0.147. The normalized spacial score (nSPS) is 25.8. The van der Waals surface area contributed by atoms with Crippen LogP contribution >= 0.6 is 12.4 Å². The number of carbonyl (C=O) groups is 3. The molecular weight excluding hydrogens is 344 g/mol. The number of rotatable bonds is 4. The zero-order chi connectivity index (χ0) is 17.1. The summed E-state index contributed by atoms with van der Waals surface area (Å²) in [5.41, 5.74) is 0. The summed E-state index contributed by atoms with van der Waals surface area (Å²) in [7, 11) is 0. The lowest BCUT2D eigenvalue weighted by Gasteiger charge is -2.42. The summed E-state index contributed by atoms with van der Waals surface area (Å²) in [6, 6.07) is -0.221. The molecule has 0 aliphatic carbocycles. The fraction of sp³-hybridized carbons (Fsp3) is 0.824. The van der Waals surface area contributed by atoms with Gasteiger partial charge in [0.1, 0.15) is 6.04 Å². The minimum absolute atomic E-state index is 0. The van der Waals surface area contributed by atoms with Gasteiger partial charge in [-0.25, -0.2) is 0 Å². The van der Waals surface area contributed by atoms with Crippen LogP contribution in [0, 0.1) is 0 Å². The molecule has 0 aromatic heterocycles. The number of carbonyl (C=O) groups excluding carboxylic acids is 3. The highest BCUT2D eigenvalue weighted by Gasteiger charge is 2.37. The molecule has 3 aliphatic heterocycles. The molecule has 3 saturated heterocycles. The lowest BCUT2D eigenvalue weighted by Crippen LogP contribution is -2.59. The molecule has 3 amide bonds. The van der Waals surface area contributed by atoms with Crippen molar-refractivity contribution < 1.29 is 14.4 Å². The summed E-state index contributed by atoms with van der Waals surface area (Å²) >= 11 is 0. The standard InChI is InChI=1S/C17H28N4O3.ClH/c1-2-14(21-9-4-6-15(21)22)17(24)19-8-3-5-13(12-19)20-10-7-18-11-16(20)23;/h13-14,18H,2-12H2,1H3;1H. The van der Waals surface area contributed by atoms with Gasteiger partial charge < -0.3 is 20.0 Å². The van der Waals surface area contributed by atoms with Crippen LogP contribution in [0.15, 0.2) is 0 Å². The predicted molar refractivity (Wildman–Crippen MR) is 96.5 cm³/mol. The van der Waals surface area contributed by atoms with Crippen molar-refractivity contribution in [1.29, 1.82) is 0 Å². The fourth-order valence-electron chi connectivity index (χ4n) is 4.15. The Kier molecular flexibility index (Phi) is 7.07. The summed E-state index contributed by atoms with van der Waals surface area (Å²) in [5.74, 6) is 0.281. The third-order valence-electron chi connectivity index (χ3n) is 5.43. The van der Waals surface area contributed by atoms with E-state index in [1.54, 1.807) is 4.90 Å². The third-order valence-corrected chi connectivity index (χ3v) is 5.43. The second-order valence-corrected chi connectivity index (χ2v) is 6.96. The number of nitrogens with zero attached hydrogens (tertiary/aromatic N) is 3. The summed E-state index contributed by atoms with van der Waals surface area (Å²) in [5, 5.41) is 3.09. The fourth-order valence-corrected chi connectivity index (χ4v) is 4.15. The van der Waals surface area contributed by atoms with Crippen LogP contribution in [0.25, 0.3) is 0 Å². The number of amides is 3. The summed E-state index contributed by atoms with van der Waals surface area (Å²) in [4.78, 5) is 42.7. The molecule has 2 atom stereocenters. The van der Waals surface area contributed by atoms with Crippen LogP contribution in [0.4, 0.5) is 0 Å². The molecule has 8 heteroatoms. The van der Waals surface area contributed by atoms with Crippen molar-refractivity contribution in [3.05, 3.63) is 0 Å². The van der Waals surface area contributed by atoms with Gasteiger partial charge in [0, 0.05) is 45.2 Å². The molecule has 2 unspecified atom stereocenters. The molecular formula is C17H29ClN4O3. The van der Waals surface area contributed by atoms with Crippen LogP contribution in [-0.2, 0) is 14.4 Å². The Bertz CT molecular complexity index is 516. The Labute approximate surface area is 155 Å². The Morgan fingerprint density at radius 1 is 1.20 bits per heavy atom. The molecule has 0 aromatic carbocycles. The molecule has 25 heavy (non-hydrogen) atoms. The van der Waals surface area contributed by atoms with Crippen molar-refractivity contribution in [3.63, 3.8) is 0 Å². The Balaban J connectivity index is 0.00000225. The van der Waals surface area contributed by atoms with Crippen LogP contribution < -0.4 is 5.32 Å². The summed E-state index contributed by atoms with van der Waals surface area (Å²) in [6.07, 6.45) is 3.92. The zero-order valence-corrected chi connectivity index (χ0v) is 15.7. The molecule has 1 N–H and O–H groups in total. The SMILES string of the molecule is CCC(C(=O)N1CCCC(N2CCNCC2=O)C1)N1CCCC1=O.Cl. The molecule has 3 heterocycles. The first kappa shape index (κ1) is 20.0. The number of piperazine rings is 1. The van der Waals surface area contributed by atoms with Crippen LogP contribution in [-0.4, -0.2) is 83.8 Å². The van der Waals surface area contributed by atoms with E-state index in [4.69, 9.17) is 0 Å². The van der Waals surface area contributed by atoms with Gasteiger partial charge >= 0.3 is 0 Å². The minimum Gasteiger partial charge on any atom is -0.339 e. The van der Waals surface area contributed by atoms with Crippen molar-refractivity contribution in [2.75, 3.05) is 39.3 Å². The van der Waals surface area contributed by atoms with Crippen molar-refractivity contribution in [3.8, 4) is 0 Å². The second-order valence-electron chi connectivity index (χ2n) is 6.96. The van der Waals surface area contributed by atoms with Gasteiger partial charge in [0.25, 0.3) is 0 Å². The van der Waals surface area contributed by atoms with Crippen LogP contribution in [0.3, 0.4) is 0 Å². The highest BCUT2D eigenvalue weighted by Crippen LogP contribution is 2.22. The van der Waals surface area contributed by atoms with Crippen LogP contribution in [0.5, 0.6) is 0 Å². The predicted octanol–water partition coefficient (Wildman–Crippen LogP) is 0.232. The highest BCUT2D eigenvalue weighted by molar-refractivity contribution is 5.88. The lowest BCUT2D eigenvalue weighted by atomic mass is 10.0. The van der Waals surface area contributed by atoms with Gasteiger partial charge in [0.2, 0.25) is 17.7 Å². The smallest absolute Gasteiger partial charge is 0.245 e. The topological polar surface area (TPSA) is 73.0 Å². The minimum atomic E-state index is -0.336. The Morgan fingerprint density at radius 3 is 2.64 bits per heavy atom. The molecule has 0 radical (unpaired) electrons. The molecule has 3 fully saturated rings. The maximum absolute atomic E-state index is 13.0. The van der Waals surface area contributed by atoms with Crippen molar-refractivity contribution in [1.82, 2.24) is 20.0 Å². The molecule has 0 spiro atoms. The van der Waals surface area contributed by atoms with E-state index < -0.39 is 0 Å². The van der Waals surface area contributed by atoms with E-state index >= 15 is 0 Å². The van der Waals surface area contributed by atoms with E-state index in [1.807, 2.05) is 16.7 Å². The Morgan fingerprint density at radius 2 is 2.00 bits per heavy atom. The van der Waals surface area contributed by atoms with Crippen molar-refractivity contribution >= 4 is 30.1 Å². The second kappa shape index (κ2) is 8.85. The van der Waals surface area contributed by atoms with E-state index in [-0.39, 0.29) is 42.2 Å². The van der Waals surface area contributed by atoms with Gasteiger partial charge in [-0.15, -0.1) is 12.4 Å². The van der Waals surface area contributed by atoms with Gasteiger partial charge in [-0.1, -0.05) is 6.92 Å². The van der Waals surface area contributed by atoms with Gasteiger partial charge in [0.15, 0.2) is 0 Å². The number of halogens is 1. The maximum atomic E-state index is 13.0. The monoisotopic (exact) mass is 372 g/mol. The quantitative estimate of drug-likeness (QED) is 0.766. The van der Waals surface area contributed by atoms with Crippen LogP contribution in [0.1, 0.15) is 39.0 Å². The number of hydrogen-bond donors (Lipinski definition) is 1. The number of nitrogens with one attached hydrogen (secondary N) is 1. The first-order valence-electron chi connectivity index (χ1n) is 9.20. The van der Waals surface area contributed by atoms with Crippen molar-refractivity contribution in [2.24, 2.45) is 0 Å². The van der Waals surface area contributed by atoms with E-state index in [9.17, 15) is 14.4 Å². The number of hydrogen-bond acceptors (Lipinski definition) is 4. The first-order chi connectivity index (χ1) is 11.6. The molecule has 0 saturated carbocycles. The van der Waals surface area contributed by atoms with E-state index in [2.05, 4.69) is 5.32 Å². The third kappa shape index (κ3) is 4.26. The summed E-state index contributed by atoms with van der Waals surface area (Å²) < 4.78 is 0. The highest BCUT2D eigenvalue weighted by atomic mass is 35.5. The molecule has 142 valence electrons. The first-order valence-corrected chi connectivity index (χ1v) is 9.20. The van der Waals surface area contributed by atoms with Gasteiger partial charge in [-0.05, 0) is 25.7 Å². The van der Waals surface area contributed by atoms with Crippen LogP contribution in [0.2, 0.25) is 0 Å². The average Bonchev–Trinajstić information content (AvgIpc) is 3.02. The Hall–Kier alpha value is -1.34. The molecule has 3 rings (SSSR count). The van der Waals surface area contributed by atoms with E-state index in [0.29, 0.717) is 39.0 Å².